The number of aromatic nitrogens is 1. The molecule has 6 heteroatoms. The predicted molar refractivity (Wildman–Crippen MR) is 123 cm³/mol. The number of nitrogens with one attached hydrogen (secondary N) is 1. The molecule has 0 bridgehead atoms. The van der Waals surface area contributed by atoms with Gasteiger partial charge in [-0.05, 0) is 73.7 Å². The molecule has 0 spiro atoms. The number of rotatable bonds is 3. The van der Waals surface area contributed by atoms with Crippen molar-refractivity contribution in [3.8, 4) is 11.1 Å². The molecule has 1 N–H and O–H groups in total. The van der Waals surface area contributed by atoms with Crippen LogP contribution in [0.3, 0.4) is 0 Å². The molecule has 1 fully saturated rings. The van der Waals surface area contributed by atoms with Gasteiger partial charge in [-0.1, -0.05) is 35.9 Å². The lowest BCUT2D eigenvalue weighted by atomic mass is 10.1. The van der Waals surface area contributed by atoms with E-state index in [1.807, 2.05) is 44.2 Å². The molecule has 2 heterocycles. The summed E-state index contributed by atoms with van der Waals surface area (Å²) < 4.78 is 19.3. The van der Waals surface area contributed by atoms with Gasteiger partial charge in [-0.3, -0.25) is 0 Å². The molecule has 5 nitrogen and oxygen atoms in total. The van der Waals surface area contributed by atoms with Crippen LogP contribution in [0.15, 0.2) is 65.1 Å². The van der Waals surface area contributed by atoms with Gasteiger partial charge in [-0.15, -0.1) is 0 Å². The standard InChI is InChI=1S/C26H24FN3O2/c1-16-5-11-21(17(2)14-16)29-26(31)30-13-3-4-23(30)25-28-22-15-19(8-12-24(22)32-25)18-6-9-20(27)10-7-18/h5-12,14-15,23H,3-4,13H2,1-2H3,(H,29,31)/t23-/m1/s1. The van der Waals surface area contributed by atoms with Gasteiger partial charge in [0.1, 0.15) is 17.4 Å². The lowest BCUT2D eigenvalue weighted by Crippen LogP contribution is -2.34. The number of fused-ring (bicyclic) bond motifs is 1. The highest BCUT2D eigenvalue weighted by Crippen LogP contribution is 2.35. The molecule has 0 unspecified atom stereocenters. The first-order valence-corrected chi connectivity index (χ1v) is 10.8. The molecule has 4 aromatic rings. The monoisotopic (exact) mass is 429 g/mol. The van der Waals surface area contributed by atoms with E-state index in [1.165, 1.54) is 12.1 Å². The summed E-state index contributed by atoms with van der Waals surface area (Å²) in [6.45, 7) is 4.67. The molecule has 1 saturated heterocycles. The SMILES string of the molecule is Cc1ccc(NC(=O)N2CCC[C@@H]2c2nc3cc(-c4ccc(F)cc4)ccc3o2)c(C)c1. The van der Waals surface area contributed by atoms with E-state index in [1.54, 1.807) is 17.0 Å². The third kappa shape index (κ3) is 3.84. The van der Waals surface area contributed by atoms with Crippen molar-refractivity contribution in [2.75, 3.05) is 11.9 Å². The van der Waals surface area contributed by atoms with Crippen molar-refractivity contribution in [3.63, 3.8) is 0 Å². The Morgan fingerprint density at radius 1 is 1.06 bits per heavy atom. The van der Waals surface area contributed by atoms with Crippen molar-refractivity contribution < 1.29 is 13.6 Å². The fourth-order valence-corrected chi connectivity index (χ4v) is 4.32. The van der Waals surface area contributed by atoms with Crippen LogP contribution in [0.25, 0.3) is 22.2 Å². The van der Waals surface area contributed by atoms with E-state index < -0.39 is 0 Å². The van der Waals surface area contributed by atoms with Gasteiger partial charge < -0.3 is 14.6 Å². The molecule has 5 rings (SSSR count). The van der Waals surface area contributed by atoms with Crippen molar-refractivity contribution in [2.24, 2.45) is 0 Å². The number of hydrogen-bond donors (Lipinski definition) is 1. The summed E-state index contributed by atoms with van der Waals surface area (Å²) in [4.78, 5) is 19.5. The van der Waals surface area contributed by atoms with Crippen molar-refractivity contribution in [3.05, 3.63) is 83.5 Å². The van der Waals surface area contributed by atoms with Gasteiger partial charge in [-0.25, -0.2) is 14.2 Å². The maximum atomic E-state index is 13.2. The summed E-state index contributed by atoms with van der Waals surface area (Å²) >= 11 is 0. The number of aryl methyl sites for hydroxylation is 2. The molecule has 1 aromatic heterocycles. The van der Waals surface area contributed by atoms with Crippen LogP contribution in [-0.2, 0) is 0 Å². The van der Waals surface area contributed by atoms with Gasteiger partial charge in [-0.2, -0.15) is 0 Å². The topological polar surface area (TPSA) is 58.4 Å². The van der Waals surface area contributed by atoms with E-state index in [2.05, 4.69) is 11.4 Å². The van der Waals surface area contributed by atoms with Crippen LogP contribution in [0.5, 0.6) is 0 Å². The zero-order valence-corrected chi connectivity index (χ0v) is 18.1. The molecule has 2 amide bonds. The first-order valence-electron chi connectivity index (χ1n) is 10.8. The van der Waals surface area contributed by atoms with Gasteiger partial charge in [0.2, 0.25) is 5.89 Å². The summed E-state index contributed by atoms with van der Waals surface area (Å²) in [5.41, 5.74) is 6.25. The van der Waals surface area contributed by atoms with Crippen LogP contribution in [0.2, 0.25) is 0 Å². The van der Waals surface area contributed by atoms with Crippen LogP contribution < -0.4 is 5.32 Å². The average molecular weight is 429 g/mol. The number of carbonyl (C=O) groups is 1. The second kappa shape index (κ2) is 8.11. The third-order valence-corrected chi connectivity index (χ3v) is 6.00. The number of likely N-dealkylation sites (tertiary alicyclic amines) is 1. The second-order valence-electron chi connectivity index (χ2n) is 8.34. The summed E-state index contributed by atoms with van der Waals surface area (Å²) in [7, 11) is 0. The lowest BCUT2D eigenvalue weighted by molar-refractivity contribution is 0.199. The van der Waals surface area contributed by atoms with E-state index in [0.717, 1.165) is 46.3 Å². The van der Waals surface area contributed by atoms with Crippen LogP contribution in [0.1, 0.15) is 35.9 Å². The van der Waals surface area contributed by atoms with Crippen molar-refractivity contribution in [1.29, 1.82) is 0 Å². The lowest BCUT2D eigenvalue weighted by Gasteiger charge is -2.23. The zero-order valence-electron chi connectivity index (χ0n) is 18.1. The minimum Gasteiger partial charge on any atom is -0.438 e. The van der Waals surface area contributed by atoms with Gasteiger partial charge in [0, 0.05) is 12.2 Å². The average Bonchev–Trinajstić information content (AvgIpc) is 3.42. The number of hydrogen-bond acceptors (Lipinski definition) is 3. The molecular formula is C26H24FN3O2. The smallest absolute Gasteiger partial charge is 0.322 e. The van der Waals surface area contributed by atoms with Crippen molar-refractivity contribution in [1.82, 2.24) is 9.88 Å². The van der Waals surface area contributed by atoms with Gasteiger partial charge in [0.25, 0.3) is 0 Å². The second-order valence-corrected chi connectivity index (χ2v) is 8.34. The highest BCUT2D eigenvalue weighted by molar-refractivity contribution is 5.90. The normalized spacial score (nSPS) is 16.0. The number of anilines is 1. The summed E-state index contributed by atoms with van der Waals surface area (Å²) in [5.74, 6) is 0.281. The summed E-state index contributed by atoms with van der Waals surface area (Å²) in [5, 5.41) is 3.03. The Morgan fingerprint density at radius 3 is 2.62 bits per heavy atom. The fraction of sp³-hybridized carbons (Fsp3) is 0.231. The number of carbonyl (C=O) groups excluding carboxylic acids is 1. The molecule has 3 aromatic carbocycles. The highest BCUT2D eigenvalue weighted by Gasteiger charge is 2.33. The first-order chi connectivity index (χ1) is 15.5. The number of urea groups is 1. The molecule has 1 aliphatic rings. The number of oxazole rings is 1. The largest absolute Gasteiger partial charge is 0.438 e. The summed E-state index contributed by atoms with van der Waals surface area (Å²) in [6, 6.07) is 17.7. The van der Waals surface area contributed by atoms with E-state index in [9.17, 15) is 9.18 Å². The fourth-order valence-electron chi connectivity index (χ4n) is 4.32. The Bertz CT molecular complexity index is 1300. The van der Waals surface area contributed by atoms with Crippen molar-refractivity contribution >= 4 is 22.8 Å². The molecule has 0 aliphatic carbocycles. The molecule has 0 saturated carbocycles. The summed E-state index contributed by atoms with van der Waals surface area (Å²) in [6.07, 6.45) is 1.70. The Labute approximate surface area is 185 Å². The number of amides is 2. The Morgan fingerprint density at radius 2 is 1.84 bits per heavy atom. The Balaban J connectivity index is 1.39. The van der Waals surface area contributed by atoms with Gasteiger partial charge >= 0.3 is 6.03 Å². The van der Waals surface area contributed by atoms with Crippen molar-refractivity contribution in [2.45, 2.75) is 32.7 Å². The van der Waals surface area contributed by atoms with Gasteiger partial charge in [0.15, 0.2) is 5.58 Å². The molecule has 1 atom stereocenters. The third-order valence-electron chi connectivity index (χ3n) is 6.00. The minimum atomic E-state index is -0.265. The van der Waals surface area contributed by atoms with E-state index in [4.69, 9.17) is 9.40 Å². The number of halogens is 1. The molecule has 1 aliphatic heterocycles. The van der Waals surface area contributed by atoms with E-state index in [0.29, 0.717) is 18.0 Å². The van der Waals surface area contributed by atoms with E-state index >= 15 is 0 Å². The minimum absolute atomic E-state index is 0.145. The van der Waals surface area contributed by atoms with Crippen LogP contribution in [0, 0.1) is 19.7 Å². The molecule has 32 heavy (non-hydrogen) atoms. The highest BCUT2D eigenvalue weighted by atomic mass is 19.1. The Kier molecular flexibility index (Phi) is 5.13. The number of nitrogens with zero attached hydrogens (tertiary/aromatic N) is 2. The molecular weight excluding hydrogens is 405 g/mol. The Hall–Kier alpha value is -3.67. The van der Waals surface area contributed by atoms with Crippen LogP contribution >= 0.6 is 0 Å². The van der Waals surface area contributed by atoms with Crippen LogP contribution in [-0.4, -0.2) is 22.5 Å². The first kappa shape index (κ1) is 20.2. The quantitative estimate of drug-likeness (QED) is 0.398. The van der Waals surface area contributed by atoms with E-state index in [-0.39, 0.29) is 17.9 Å². The molecule has 0 radical (unpaired) electrons. The van der Waals surface area contributed by atoms with Gasteiger partial charge in [0.05, 0.1) is 0 Å². The van der Waals surface area contributed by atoms with Crippen LogP contribution in [0.4, 0.5) is 14.9 Å². The zero-order chi connectivity index (χ0) is 22.2. The maximum absolute atomic E-state index is 13.2. The molecule has 162 valence electrons. The number of benzene rings is 3. The maximum Gasteiger partial charge on any atom is 0.322 e. The predicted octanol–water partition coefficient (Wildman–Crippen LogP) is 6.62.